The average molecular weight is 172 g/mol. The zero-order valence-corrected chi connectivity index (χ0v) is 8.16. The van der Waals surface area contributed by atoms with Crippen LogP contribution >= 0.6 is 0 Å². The lowest BCUT2D eigenvalue weighted by Gasteiger charge is -2.00. The topological polar surface area (TPSA) is 0 Å². The van der Waals surface area contributed by atoms with Gasteiger partial charge in [-0.3, -0.25) is 0 Å². The first kappa shape index (κ1) is 9.79. The standard InChI is InChI=1S/C13H16/c1-3-5-9-12(4-2)13-10-7-6-8-11-13/h4,6-11H,2-3,5H2,1H3/b12-9+. The Morgan fingerprint density at radius 3 is 2.54 bits per heavy atom. The molecule has 0 aliphatic rings. The first-order valence-electron chi connectivity index (χ1n) is 4.76. The molecule has 0 radical (unpaired) electrons. The molecule has 0 saturated carbocycles. The lowest BCUT2D eigenvalue weighted by molar-refractivity contribution is 0.960. The van der Waals surface area contributed by atoms with Gasteiger partial charge in [0, 0.05) is 0 Å². The van der Waals surface area contributed by atoms with Gasteiger partial charge < -0.3 is 0 Å². The second-order valence-electron chi connectivity index (χ2n) is 3.02. The summed E-state index contributed by atoms with van der Waals surface area (Å²) in [6.07, 6.45) is 6.47. The average Bonchev–Trinajstić information content (AvgIpc) is 2.21. The molecular weight excluding hydrogens is 156 g/mol. The molecule has 0 saturated heterocycles. The Morgan fingerprint density at radius 2 is 2.00 bits per heavy atom. The van der Waals surface area contributed by atoms with Crippen LogP contribution in [0.25, 0.3) is 5.57 Å². The highest BCUT2D eigenvalue weighted by Gasteiger charge is 1.93. The lowest BCUT2D eigenvalue weighted by atomic mass is 10.0. The van der Waals surface area contributed by atoms with Crippen molar-refractivity contribution < 1.29 is 0 Å². The zero-order valence-electron chi connectivity index (χ0n) is 8.16. The van der Waals surface area contributed by atoms with Gasteiger partial charge in [-0.05, 0) is 17.6 Å². The maximum atomic E-state index is 3.82. The van der Waals surface area contributed by atoms with Gasteiger partial charge in [0.15, 0.2) is 0 Å². The summed E-state index contributed by atoms with van der Waals surface area (Å²) in [6, 6.07) is 10.4. The van der Waals surface area contributed by atoms with Crippen LogP contribution in [-0.4, -0.2) is 0 Å². The molecule has 0 aliphatic carbocycles. The largest absolute Gasteiger partial charge is 0.0985 e. The molecule has 0 bridgehead atoms. The van der Waals surface area contributed by atoms with Crippen molar-refractivity contribution in [3.63, 3.8) is 0 Å². The minimum absolute atomic E-state index is 1.12. The van der Waals surface area contributed by atoms with Gasteiger partial charge in [-0.25, -0.2) is 0 Å². The van der Waals surface area contributed by atoms with Crippen molar-refractivity contribution >= 4 is 5.57 Å². The van der Waals surface area contributed by atoms with E-state index in [-0.39, 0.29) is 0 Å². The Balaban J connectivity index is 2.84. The fourth-order valence-corrected chi connectivity index (χ4v) is 1.25. The summed E-state index contributed by atoms with van der Waals surface area (Å²) in [5.74, 6) is 0. The summed E-state index contributed by atoms with van der Waals surface area (Å²) in [5, 5.41) is 0. The predicted molar refractivity (Wildman–Crippen MR) is 59.5 cm³/mol. The van der Waals surface area contributed by atoms with Gasteiger partial charge >= 0.3 is 0 Å². The Bertz CT molecular complexity index is 280. The third-order valence-electron chi connectivity index (χ3n) is 1.98. The smallest absolute Gasteiger partial charge is 0.0187 e. The molecule has 0 amide bonds. The van der Waals surface area contributed by atoms with Crippen LogP contribution in [0.5, 0.6) is 0 Å². The van der Waals surface area contributed by atoms with E-state index in [4.69, 9.17) is 0 Å². The zero-order chi connectivity index (χ0) is 9.52. The first-order chi connectivity index (χ1) is 6.38. The van der Waals surface area contributed by atoms with Gasteiger partial charge in [0.2, 0.25) is 0 Å². The van der Waals surface area contributed by atoms with E-state index in [0.29, 0.717) is 0 Å². The van der Waals surface area contributed by atoms with Crippen molar-refractivity contribution in [2.75, 3.05) is 0 Å². The molecule has 1 rings (SSSR count). The molecule has 0 fully saturated rings. The van der Waals surface area contributed by atoms with Gasteiger partial charge in [0.05, 0.1) is 0 Å². The van der Waals surface area contributed by atoms with Gasteiger partial charge in [-0.2, -0.15) is 0 Å². The van der Waals surface area contributed by atoms with Crippen molar-refractivity contribution in [2.24, 2.45) is 0 Å². The molecule has 13 heavy (non-hydrogen) atoms. The Kier molecular flexibility index (Phi) is 4.04. The van der Waals surface area contributed by atoms with E-state index in [0.717, 1.165) is 6.42 Å². The van der Waals surface area contributed by atoms with Crippen LogP contribution in [0.2, 0.25) is 0 Å². The van der Waals surface area contributed by atoms with Gasteiger partial charge in [0.1, 0.15) is 0 Å². The van der Waals surface area contributed by atoms with Crippen LogP contribution in [0, 0.1) is 0 Å². The van der Waals surface area contributed by atoms with Crippen LogP contribution < -0.4 is 0 Å². The molecule has 1 aromatic carbocycles. The van der Waals surface area contributed by atoms with Crippen molar-refractivity contribution in [3.8, 4) is 0 Å². The predicted octanol–water partition coefficient (Wildman–Crippen LogP) is 4.06. The van der Waals surface area contributed by atoms with Crippen LogP contribution in [0.1, 0.15) is 25.3 Å². The summed E-state index contributed by atoms with van der Waals surface area (Å²) in [6.45, 7) is 6.00. The van der Waals surface area contributed by atoms with Crippen LogP contribution in [0.3, 0.4) is 0 Å². The van der Waals surface area contributed by atoms with E-state index in [2.05, 4.69) is 43.8 Å². The highest BCUT2D eigenvalue weighted by molar-refractivity contribution is 5.73. The Hall–Kier alpha value is -1.30. The van der Waals surface area contributed by atoms with Crippen LogP contribution in [-0.2, 0) is 0 Å². The molecule has 0 aliphatic heterocycles. The number of unbranched alkanes of at least 4 members (excludes halogenated alkanes) is 1. The van der Waals surface area contributed by atoms with E-state index in [9.17, 15) is 0 Å². The molecule has 0 nitrogen and oxygen atoms in total. The molecule has 68 valence electrons. The minimum atomic E-state index is 1.12. The first-order valence-corrected chi connectivity index (χ1v) is 4.76. The van der Waals surface area contributed by atoms with Crippen molar-refractivity contribution in [2.45, 2.75) is 19.8 Å². The molecule has 0 unspecified atom stereocenters. The molecule has 0 spiro atoms. The summed E-state index contributed by atoms with van der Waals surface area (Å²) in [4.78, 5) is 0. The van der Waals surface area contributed by atoms with Gasteiger partial charge in [-0.1, -0.05) is 62.4 Å². The maximum absolute atomic E-state index is 3.82. The van der Waals surface area contributed by atoms with Crippen molar-refractivity contribution in [3.05, 3.63) is 54.6 Å². The summed E-state index contributed by atoms with van der Waals surface area (Å²) >= 11 is 0. The van der Waals surface area contributed by atoms with E-state index in [1.165, 1.54) is 17.6 Å². The summed E-state index contributed by atoms with van der Waals surface area (Å²) in [5.41, 5.74) is 2.49. The third kappa shape index (κ3) is 2.90. The highest BCUT2D eigenvalue weighted by atomic mass is 14.0. The number of hydrogen-bond donors (Lipinski definition) is 0. The fourth-order valence-electron chi connectivity index (χ4n) is 1.25. The SMILES string of the molecule is C=C/C(=C\CCC)c1ccccc1. The fraction of sp³-hybridized carbons (Fsp3) is 0.231. The van der Waals surface area contributed by atoms with Crippen LogP contribution in [0.15, 0.2) is 49.1 Å². The van der Waals surface area contributed by atoms with E-state index in [1.807, 2.05) is 12.1 Å². The normalized spacial score (nSPS) is 11.3. The Labute approximate surface area is 80.6 Å². The number of rotatable bonds is 4. The quantitative estimate of drug-likeness (QED) is 0.601. The molecule has 0 N–H and O–H groups in total. The Morgan fingerprint density at radius 1 is 1.31 bits per heavy atom. The molecular formula is C13H16. The number of hydrogen-bond acceptors (Lipinski definition) is 0. The van der Waals surface area contributed by atoms with Gasteiger partial charge in [-0.15, -0.1) is 0 Å². The van der Waals surface area contributed by atoms with E-state index >= 15 is 0 Å². The second kappa shape index (κ2) is 5.36. The van der Waals surface area contributed by atoms with E-state index < -0.39 is 0 Å². The number of allylic oxidation sites excluding steroid dienone is 3. The highest BCUT2D eigenvalue weighted by Crippen LogP contribution is 2.15. The molecule has 1 aromatic rings. The summed E-state index contributed by atoms with van der Waals surface area (Å²) < 4.78 is 0. The maximum Gasteiger partial charge on any atom is -0.0187 e. The molecule has 0 heteroatoms. The van der Waals surface area contributed by atoms with E-state index in [1.54, 1.807) is 0 Å². The monoisotopic (exact) mass is 172 g/mol. The van der Waals surface area contributed by atoms with Crippen LogP contribution in [0.4, 0.5) is 0 Å². The molecule has 0 atom stereocenters. The van der Waals surface area contributed by atoms with Crippen molar-refractivity contribution in [1.82, 2.24) is 0 Å². The second-order valence-corrected chi connectivity index (χ2v) is 3.02. The van der Waals surface area contributed by atoms with Gasteiger partial charge in [0.25, 0.3) is 0 Å². The third-order valence-corrected chi connectivity index (χ3v) is 1.98. The molecule has 0 aromatic heterocycles. The summed E-state index contributed by atoms with van der Waals surface area (Å²) in [7, 11) is 0. The van der Waals surface area contributed by atoms with Crippen molar-refractivity contribution in [1.29, 1.82) is 0 Å². The minimum Gasteiger partial charge on any atom is -0.0985 e. The number of benzene rings is 1. The molecule has 0 heterocycles. The lowest BCUT2D eigenvalue weighted by Crippen LogP contribution is -1.79.